The van der Waals surface area contributed by atoms with Crippen LogP contribution in [-0.4, -0.2) is 46.9 Å². The number of hydrogen-bond donors (Lipinski definition) is 3. The largest absolute Gasteiger partial charge is 0.461 e. The number of rotatable bonds is 44. The molecule has 0 saturated heterocycles. The van der Waals surface area contributed by atoms with E-state index in [1.165, 1.54) is 109 Å². The van der Waals surface area contributed by atoms with Crippen molar-refractivity contribution in [3.8, 4) is 0 Å². The Morgan fingerprint density at radius 2 is 0.937 bits per heavy atom. The lowest BCUT2D eigenvalue weighted by Crippen LogP contribution is -2.46. The molecule has 0 aliphatic rings. The van der Waals surface area contributed by atoms with Crippen LogP contribution in [0.25, 0.3) is 0 Å². The number of aliphatic hydroxyl groups excluding tert-OH is 2. The van der Waals surface area contributed by atoms with Crippen LogP contribution in [0.4, 0.5) is 0 Å². The van der Waals surface area contributed by atoms with E-state index in [-0.39, 0.29) is 31.3 Å². The Morgan fingerprint density at radius 1 is 0.508 bits per heavy atom. The minimum absolute atomic E-state index is 0.0464. The van der Waals surface area contributed by atoms with Gasteiger partial charge >= 0.3 is 5.97 Å². The Morgan fingerprint density at radius 3 is 1.43 bits per heavy atom. The van der Waals surface area contributed by atoms with Gasteiger partial charge in [-0.05, 0) is 57.8 Å². The van der Waals surface area contributed by atoms with Crippen LogP contribution in [0.15, 0.2) is 109 Å². The Balaban J connectivity index is 4.71. The summed E-state index contributed by atoms with van der Waals surface area (Å²) in [7, 11) is 0. The van der Waals surface area contributed by atoms with Crippen molar-refractivity contribution in [3.05, 3.63) is 109 Å². The predicted molar refractivity (Wildman–Crippen MR) is 273 cm³/mol. The van der Waals surface area contributed by atoms with E-state index in [2.05, 4.69) is 80.8 Å². The van der Waals surface area contributed by atoms with Gasteiger partial charge in [-0.2, -0.15) is 0 Å². The van der Waals surface area contributed by atoms with Crippen molar-refractivity contribution in [2.45, 2.75) is 232 Å². The van der Waals surface area contributed by atoms with E-state index in [9.17, 15) is 19.8 Å². The summed E-state index contributed by atoms with van der Waals surface area (Å²) in [4.78, 5) is 26.0. The molecule has 3 N–H and O–H groups in total. The standard InChI is InChI=1S/C57H95NO5/c1-4-7-10-13-16-19-22-24-26-28-30-32-35-38-41-44-47-50-57(62)63-53(48-45-42-39-36-33-21-18-15-12-9-6-3)51-56(61)58-54(52-59)55(60)49-46-43-40-37-34-31-29-27-25-23-20-17-14-11-8-5-2/h9,12,15-16,18-19,21,24,26,30,32-33,36,38-39,41-42,45,53-55,59-60H,4-8,10-11,13-14,17,20,22-23,25,27-29,31,34-35,37,40,43-44,46-52H2,1-3H3,(H,58,61)/b12-9+,18-15+,19-16-,26-24-,32-30-,33-21-,39-36-,41-38-,45-42+. The Labute approximate surface area is 388 Å². The Hall–Kier alpha value is -3.48. The number of hydrogen-bond acceptors (Lipinski definition) is 5. The van der Waals surface area contributed by atoms with Gasteiger partial charge in [0.05, 0.1) is 25.2 Å². The van der Waals surface area contributed by atoms with Crippen LogP contribution in [0, 0.1) is 0 Å². The fourth-order valence-electron chi connectivity index (χ4n) is 7.09. The lowest BCUT2D eigenvalue weighted by molar-refractivity contribution is -0.150. The number of unbranched alkanes of at least 4 members (excludes halogenated alkanes) is 19. The molecule has 0 radical (unpaired) electrons. The first kappa shape index (κ1) is 59.5. The van der Waals surface area contributed by atoms with Gasteiger partial charge in [0.15, 0.2) is 0 Å². The van der Waals surface area contributed by atoms with Crippen LogP contribution < -0.4 is 5.32 Å². The van der Waals surface area contributed by atoms with Crippen LogP contribution >= 0.6 is 0 Å². The number of aliphatic hydroxyl groups is 2. The number of carbonyl (C=O) groups is 2. The van der Waals surface area contributed by atoms with Gasteiger partial charge in [-0.15, -0.1) is 0 Å². The van der Waals surface area contributed by atoms with Gasteiger partial charge < -0.3 is 20.3 Å². The van der Waals surface area contributed by atoms with Gasteiger partial charge in [0, 0.05) is 12.8 Å². The SMILES string of the molecule is CC/C=C/C=C/C=C\C=C/C=C/CC(CC(=O)NC(CO)C(O)CCCCCCCCCCCCCCCCCC)OC(=O)CCC/C=C\C/C=C\C/C=C\C/C=C\CCCCC. The molecular weight excluding hydrogens is 779 g/mol. The molecule has 0 rings (SSSR count). The third kappa shape index (κ3) is 44.9. The molecule has 0 aromatic rings. The van der Waals surface area contributed by atoms with Crippen LogP contribution in [0.3, 0.4) is 0 Å². The molecule has 6 nitrogen and oxygen atoms in total. The molecule has 0 fully saturated rings. The summed E-state index contributed by atoms with van der Waals surface area (Å²) in [5.41, 5.74) is 0. The summed E-state index contributed by atoms with van der Waals surface area (Å²) in [5.74, 6) is -0.684. The highest BCUT2D eigenvalue weighted by Crippen LogP contribution is 2.16. The topological polar surface area (TPSA) is 95.9 Å². The number of nitrogens with one attached hydrogen (secondary N) is 1. The van der Waals surface area contributed by atoms with Gasteiger partial charge in [-0.25, -0.2) is 0 Å². The van der Waals surface area contributed by atoms with Gasteiger partial charge in [-0.1, -0.05) is 246 Å². The molecule has 63 heavy (non-hydrogen) atoms. The summed E-state index contributed by atoms with van der Waals surface area (Å²) in [6, 6.07) is -0.757. The van der Waals surface area contributed by atoms with Crippen molar-refractivity contribution in [1.29, 1.82) is 0 Å². The first-order valence-corrected chi connectivity index (χ1v) is 25.7. The van der Waals surface area contributed by atoms with Crippen molar-refractivity contribution in [2.24, 2.45) is 0 Å². The van der Waals surface area contributed by atoms with Crippen molar-refractivity contribution in [3.63, 3.8) is 0 Å². The molecule has 0 aromatic heterocycles. The molecule has 6 heteroatoms. The number of carbonyl (C=O) groups excluding carboxylic acids is 2. The summed E-state index contributed by atoms with van der Waals surface area (Å²) in [6.07, 6.45) is 67.5. The number of amides is 1. The third-order valence-electron chi connectivity index (χ3n) is 11.0. The van der Waals surface area contributed by atoms with Crippen molar-refractivity contribution in [2.75, 3.05) is 6.61 Å². The zero-order valence-electron chi connectivity index (χ0n) is 40.7. The monoisotopic (exact) mass is 874 g/mol. The van der Waals surface area contributed by atoms with E-state index in [0.717, 1.165) is 51.4 Å². The maximum Gasteiger partial charge on any atom is 0.306 e. The van der Waals surface area contributed by atoms with Gasteiger partial charge in [0.1, 0.15) is 6.10 Å². The van der Waals surface area contributed by atoms with Crippen molar-refractivity contribution in [1.82, 2.24) is 5.32 Å². The van der Waals surface area contributed by atoms with Gasteiger partial charge in [-0.3, -0.25) is 9.59 Å². The zero-order valence-corrected chi connectivity index (χ0v) is 40.7. The lowest BCUT2D eigenvalue weighted by atomic mass is 10.0. The van der Waals surface area contributed by atoms with E-state index in [0.29, 0.717) is 19.3 Å². The Kier molecular flexibility index (Phi) is 46.8. The number of esters is 1. The van der Waals surface area contributed by atoms with Crippen LogP contribution in [0.5, 0.6) is 0 Å². The van der Waals surface area contributed by atoms with E-state index < -0.39 is 18.2 Å². The minimum Gasteiger partial charge on any atom is -0.461 e. The third-order valence-corrected chi connectivity index (χ3v) is 11.0. The van der Waals surface area contributed by atoms with Crippen LogP contribution in [0.2, 0.25) is 0 Å². The fourth-order valence-corrected chi connectivity index (χ4v) is 7.09. The first-order valence-electron chi connectivity index (χ1n) is 25.7. The second-order valence-corrected chi connectivity index (χ2v) is 17.0. The van der Waals surface area contributed by atoms with Crippen molar-refractivity contribution >= 4 is 11.9 Å². The second-order valence-electron chi connectivity index (χ2n) is 17.0. The van der Waals surface area contributed by atoms with Crippen LogP contribution in [-0.2, 0) is 14.3 Å². The highest BCUT2D eigenvalue weighted by atomic mass is 16.5. The molecule has 3 unspecified atom stereocenters. The van der Waals surface area contributed by atoms with E-state index in [1.54, 1.807) is 0 Å². The molecule has 0 saturated carbocycles. The zero-order chi connectivity index (χ0) is 45.9. The molecule has 1 amide bonds. The lowest BCUT2D eigenvalue weighted by Gasteiger charge is -2.24. The molecule has 0 aliphatic heterocycles. The quantitative estimate of drug-likeness (QED) is 0.0245. The summed E-state index contributed by atoms with van der Waals surface area (Å²) < 4.78 is 5.81. The molecule has 0 aliphatic carbocycles. The minimum atomic E-state index is -0.833. The second kappa shape index (κ2) is 49.5. The Bertz CT molecular complexity index is 1300. The molecule has 0 aromatic carbocycles. The average molecular weight is 874 g/mol. The molecule has 0 bridgehead atoms. The molecule has 358 valence electrons. The highest BCUT2D eigenvalue weighted by Gasteiger charge is 2.23. The molecule has 0 spiro atoms. The summed E-state index contributed by atoms with van der Waals surface area (Å²) in [5, 5.41) is 23.7. The van der Waals surface area contributed by atoms with E-state index >= 15 is 0 Å². The predicted octanol–water partition coefficient (Wildman–Crippen LogP) is 15.5. The molecular formula is C57H95NO5. The maximum absolute atomic E-state index is 13.2. The molecule has 3 atom stereocenters. The van der Waals surface area contributed by atoms with Crippen molar-refractivity contribution < 1.29 is 24.5 Å². The van der Waals surface area contributed by atoms with Gasteiger partial charge in [0.25, 0.3) is 0 Å². The number of allylic oxidation sites excluding steroid dienone is 17. The van der Waals surface area contributed by atoms with E-state index in [4.69, 9.17) is 4.74 Å². The first-order chi connectivity index (χ1) is 31.0. The maximum atomic E-state index is 13.2. The average Bonchev–Trinajstić information content (AvgIpc) is 3.28. The highest BCUT2D eigenvalue weighted by molar-refractivity contribution is 5.77. The normalized spacial score (nSPS) is 14.2. The summed E-state index contributed by atoms with van der Waals surface area (Å²) in [6.45, 7) is 6.25. The summed E-state index contributed by atoms with van der Waals surface area (Å²) >= 11 is 0. The smallest absolute Gasteiger partial charge is 0.306 e. The number of ether oxygens (including phenoxy) is 1. The van der Waals surface area contributed by atoms with E-state index in [1.807, 2.05) is 54.7 Å². The molecule has 0 heterocycles. The van der Waals surface area contributed by atoms with Gasteiger partial charge in [0.2, 0.25) is 5.91 Å². The fraction of sp³-hybridized carbons (Fsp3) is 0.649. The van der Waals surface area contributed by atoms with Crippen LogP contribution in [0.1, 0.15) is 213 Å².